The minimum Gasteiger partial charge on any atom is -0.507 e. The number of methoxy groups -OCH3 is 2. The molecule has 10 nitrogen and oxygen atoms in total. The molecule has 1 aliphatic rings. The standard InChI is InChI=1S/C22H26N2O8S/c1-30-19-8-5-15(11-20(19)31-2)13-23-21(26)14-32-22(27)17-12-16(6-7-18(17)25)33(28,29)24-9-3-4-10-24/h5-8,11-12,25H,3-4,9-10,13-14H2,1-2H3,(H,23,26). The lowest BCUT2D eigenvalue weighted by atomic mass is 10.2. The molecule has 0 saturated carbocycles. The van der Waals surface area contributed by atoms with E-state index in [9.17, 15) is 23.1 Å². The minimum atomic E-state index is -3.78. The number of carbonyl (C=O) groups is 2. The summed E-state index contributed by atoms with van der Waals surface area (Å²) >= 11 is 0. The van der Waals surface area contributed by atoms with E-state index in [1.54, 1.807) is 18.2 Å². The van der Waals surface area contributed by atoms with Crippen molar-refractivity contribution >= 4 is 21.9 Å². The Kier molecular flexibility index (Phi) is 7.77. The normalized spacial score (nSPS) is 14.0. The fourth-order valence-electron chi connectivity index (χ4n) is 3.37. The molecule has 11 heteroatoms. The number of benzene rings is 2. The fourth-order valence-corrected chi connectivity index (χ4v) is 4.91. The molecule has 1 amide bonds. The Bertz CT molecular complexity index is 1130. The van der Waals surface area contributed by atoms with Crippen LogP contribution in [0, 0.1) is 0 Å². The van der Waals surface area contributed by atoms with E-state index in [-0.39, 0.29) is 17.0 Å². The summed E-state index contributed by atoms with van der Waals surface area (Å²) in [5, 5.41) is 12.6. The van der Waals surface area contributed by atoms with Crippen LogP contribution in [0.2, 0.25) is 0 Å². The molecule has 0 aliphatic carbocycles. The molecular formula is C22H26N2O8S. The molecule has 0 aromatic heterocycles. The zero-order chi connectivity index (χ0) is 24.0. The molecule has 178 valence electrons. The van der Waals surface area contributed by atoms with Gasteiger partial charge in [-0.1, -0.05) is 6.07 Å². The number of aromatic hydroxyl groups is 1. The highest BCUT2D eigenvalue weighted by Gasteiger charge is 2.28. The Morgan fingerprint density at radius 1 is 1.03 bits per heavy atom. The summed E-state index contributed by atoms with van der Waals surface area (Å²) in [6.07, 6.45) is 1.54. The number of hydrogen-bond donors (Lipinski definition) is 2. The van der Waals surface area contributed by atoms with Crippen molar-refractivity contribution in [1.82, 2.24) is 9.62 Å². The maximum atomic E-state index is 12.7. The largest absolute Gasteiger partial charge is 0.507 e. The molecule has 1 aliphatic heterocycles. The Morgan fingerprint density at radius 2 is 1.73 bits per heavy atom. The second-order valence-electron chi connectivity index (χ2n) is 7.33. The number of nitrogens with zero attached hydrogens (tertiary/aromatic N) is 1. The van der Waals surface area contributed by atoms with E-state index in [4.69, 9.17) is 14.2 Å². The molecule has 1 fully saturated rings. The smallest absolute Gasteiger partial charge is 0.342 e. The Hall–Kier alpha value is -3.31. The van der Waals surface area contributed by atoms with Crippen LogP contribution in [-0.2, 0) is 26.1 Å². The lowest BCUT2D eigenvalue weighted by Crippen LogP contribution is -2.29. The van der Waals surface area contributed by atoms with Crippen LogP contribution in [0.25, 0.3) is 0 Å². The third-order valence-electron chi connectivity index (χ3n) is 5.16. The maximum Gasteiger partial charge on any atom is 0.342 e. The summed E-state index contributed by atoms with van der Waals surface area (Å²) in [6.45, 7) is 0.368. The number of sulfonamides is 1. The zero-order valence-electron chi connectivity index (χ0n) is 18.4. The first-order chi connectivity index (χ1) is 15.8. The van der Waals surface area contributed by atoms with Crippen molar-refractivity contribution in [2.75, 3.05) is 33.9 Å². The molecule has 2 aromatic carbocycles. The number of carbonyl (C=O) groups excluding carboxylic acids is 2. The van der Waals surface area contributed by atoms with Crippen LogP contribution in [0.3, 0.4) is 0 Å². The average molecular weight is 479 g/mol. The molecular weight excluding hydrogens is 452 g/mol. The predicted octanol–water partition coefficient (Wildman–Crippen LogP) is 1.67. The Labute approximate surface area is 192 Å². The molecule has 0 spiro atoms. The molecule has 33 heavy (non-hydrogen) atoms. The van der Waals surface area contributed by atoms with E-state index < -0.39 is 34.3 Å². The third-order valence-corrected chi connectivity index (χ3v) is 7.06. The van der Waals surface area contributed by atoms with E-state index in [0.717, 1.165) is 30.5 Å². The molecule has 0 bridgehead atoms. The first-order valence-electron chi connectivity index (χ1n) is 10.2. The average Bonchev–Trinajstić information content (AvgIpc) is 3.37. The molecule has 0 atom stereocenters. The van der Waals surface area contributed by atoms with Crippen LogP contribution in [0.5, 0.6) is 17.2 Å². The van der Waals surface area contributed by atoms with Crippen molar-refractivity contribution in [3.63, 3.8) is 0 Å². The summed E-state index contributed by atoms with van der Waals surface area (Å²) in [5.74, 6) is -0.956. The zero-order valence-corrected chi connectivity index (χ0v) is 19.2. The summed E-state index contributed by atoms with van der Waals surface area (Å²) in [6, 6.07) is 8.57. The van der Waals surface area contributed by atoms with Crippen LogP contribution < -0.4 is 14.8 Å². The Balaban J connectivity index is 1.59. The number of phenolic OH excluding ortho intramolecular Hbond substituents is 1. The van der Waals surface area contributed by atoms with Gasteiger partial charge in [-0.05, 0) is 48.7 Å². The quantitative estimate of drug-likeness (QED) is 0.521. The van der Waals surface area contributed by atoms with Gasteiger partial charge in [0, 0.05) is 19.6 Å². The predicted molar refractivity (Wildman–Crippen MR) is 118 cm³/mol. The van der Waals surface area contributed by atoms with E-state index in [2.05, 4.69) is 5.32 Å². The molecule has 2 N–H and O–H groups in total. The number of ether oxygens (including phenoxy) is 3. The van der Waals surface area contributed by atoms with Crippen molar-refractivity contribution in [1.29, 1.82) is 0 Å². The first-order valence-corrected chi connectivity index (χ1v) is 11.7. The highest BCUT2D eigenvalue weighted by Crippen LogP contribution is 2.28. The van der Waals surface area contributed by atoms with Crippen molar-refractivity contribution in [3.8, 4) is 17.2 Å². The van der Waals surface area contributed by atoms with Gasteiger partial charge in [0.1, 0.15) is 11.3 Å². The van der Waals surface area contributed by atoms with E-state index in [0.29, 0.717) is 24.6 Å². The number of amides is 1. The minimum absolute atomic E-state index is 0.118. The second kappa shape index (κ2) is 10.5. The number of hydrogen-bond acceptors (Lipinski definition) is 8. The summed E-state index contributed by atoms with van der Waals surface area (Å²) in [7, 11) is -0.760. The van der Waals surface area contributed by atoms with Crippen LogP contribution in [0.15, 0.2) is 41.3 Å². The third kappa shape index (κ3) is 5.74. The van der Waals surface area contributed by atoms with E-state index in [1.165, 1.54) is 24.6 Å². The van der Waals surface area contributed by atoms with Gasteiger partial charge in [0.2, 0.25) is 10.0 Å². The van der Waals surface area contributed by atoms with Gasteiger partial charge in [0.05, 0.1) is 19.1 Å². The molecule has 1 saturated heterocycles. The van der Waals surface area contributed by atoms with Crippen molar-refractivity contribution in [3.05, 3.63) is 47.5 Å². The number of esters is 1. The van der Waals surface area contributed by atoms with E-state index in [1.807, 2.05) is 0 Å². The molecule has 0 unspecified atom stereocenters. The Morgan fingerprint density at radius 3 is 2.39 bits per heavy atom. The van der Waals surface area contributed by atoms with Crippen LogP contribution in [0.4, 0.5) is 0 Å². The highest BCUT2D eigenvalue weighted by atomic mass is 32.2. The second-order valence-corrected chi connectivity index (χ2v) is 9.27. The lowest BCUT2D eigenvalue weighted by Gasteiger charge is -2.16. The van der Waals surface area contributed by atoms with E-state index >= 15 is 0 Å². The van der Waals surface area contributed by atoms with Gasteiger partial charge in [-0.15, -0.1) is 0 Å². The van der Waals surface area contributed by atoms with Crippen molar-refractivity contribution < 1.29 is 37.3 Å². The van der Waals surface area contributed by atoms with Gasteiger partial charge in [0.15, 0.2) is 18.1 Å². The van der Waals surface area contributed by atoms with Crippen LogP contribution in [0.1, 0.15) is 28.8 Å². The van der Waals surface area contributed by atoms with Gasteiger partial charge >= 0.3 is 5.97 Å². The molecule has 1 heterocycles. The van der Waals surface area contributed by atoms with Gasteiger partial charge in [0.25, 0.3) is 5.91 Å². The maximum absolute atomic E-state index is 12.7. The first kappa shape index (κ1) is 24.3. The summed E-state index contributed by atoms with van der Waals surface area (Å²) < 4.78 is 42.1. The van der Waals surface area contributed by atoms with Gasteiger partial charge < -0.3 is 24.6 Å². The summed E-state index contributed by atoms with van der Waals surface area (Å²) in [4.78, 5) is 24.4. The summed E-state index contributed by atoms with van der Waals surface area (Å²) in [5.41, 5.74) is 0.410. The van der Waals surface area contributed by atoms with Gasteiger partial charge in [-0.2, -0.15) is 4.31 Å². The molecule has 0 radical (unpaired) electrons. The topological polar surface area (TPSA) is 131 Å². The van der Waals surface area contributed by atoms with Gasteiger partial charge in [-0.3, -0.25) is 4.79 Å². The molecule has 2 aromatic rings. The monoisotopic (exact) mass is 478 g/mol. The highest BCUT2D eigenvalue weighted by molar-refractivity contribution is 7.89. The SMILES string of the molecule is COc1ccc(CNC(=O)COC(=O)c2cc(S(=O)(=O)N3CCCC3)ccc2O)cc1OC. The van der Waals surface area contributed by atoms with Crippen molar-refractivity contribution in [2.24, 2.45) is 0 Å². The number of nitrogens with one attached hydrogen (secondary N) is 1. The lowest BCUT2D eigenvalue weighted by molar-refractivity contribution is -0.124. The van der Waals surface area contributed by atoms with Crippen LogP contribution in [-0.4, -0.2) is 63.6 Å². The number of phenols is 1. The fraction of sp³-hybridized carbons (Fsp3) is 0.364. The van der Waals surface area contributed by atoms with Crippen molar-refractivity contribution in [2.45, 2.75) is 24.3 Å². The van der Waals surface area contributed by atoms with Crippen LogP contribution >= 0.6 is 0 Å². The number of rotatable bonds is 9. The van der Waals surface area contributed by atoms with Gasteiger partial charge in [-0.25, -0.2) is 13.2 Å². The molecule has 3 rings (SSSR count).